The first-order valence-corrected chi connectivity index (χ1v) is 30.0. The van der Waals surface area contributed by atoms with Gasteiger partial charge < -0.3 is 59.0 Å². The predicted molar refractivity (Wildman–Crippen MR) is 280 cm³/mol. The molecule has 1 aromatic heterocycles. The highest BCUT2D eigenvalue weighted by atomic mass is 33.1. The summed E-state index contributed by atoms with van der Waals surface area (Å²) in [5.41, 5.74) is 3.24. The van der Waals surface area contributed by atoms with Crippen LogP contribution in [0.25, 0.3) is 0 Å². The molecule has 8 N–H and O–H groups in total. The van der Waals surface area contributed by atoms with E-state index in [0.29, 0.717) is 30.2 Å². The number of phosphoric ester groups is 1. The number of benzene rings is 2. The number of aromatic nitrogens is 2. The lowest BCUT2D eigenvalue weighted by molar-refractivity contribution is -0.107. The van der Waals surface area contributed by atoms with Crippen LogP contribution in [0.5, 0.6) is 5.75 Å². The number of carboxylic acids is 1. The molecule has 3 aliphatic rings. The number of carbonyl (C=O) groups excluding carboxylic acids is 1. The zero-order valence-corrected chi connectivity index (χ0v) is 46.4. The van der Waals surface area contributed by atoms with Crippen molar-refractivity contribution < 1.29 is 84.8 Å². The summed E-state index contributed by atoms with van der Waals surface area (Å²) >= 11 is 0. The minimum Gasteiger partial charge on any atom is -0.478 e. The van der Waals surface area contributed by atoms with E-state index in [0.717, 1.165) is 38.9 Å². The number of rotatable bonds is 24. The SMILES string of the molecule is CCN=C1C=C2Oc3cc(NCC)c(C)cc3C(c3ccc(C(=O)NCC(C)(C)SSCOCC#Cc4cn([C@H]5CC(OCOC)[C@@H](COP(=O)(O)OP(=O)(O)OP(=O)(O)O)O5)c(=O)[nH]c4=O)cc3C(=O)O)C2C=C1C. The van der Waals surface area contributed by atoms with E-state index < -0.39 is 82.3 Å². The van der Waals surface area contributed by atoms with Crippen molar-refractivity contribution in [2.45, 2.75) is 77.1 Å². The van der Waals surface area contributed by atoms with E-state index in [1.54, 1.807) is 12.1 Å². The molecule has 6 rings (SSSR count). The molecule has 0 saturated carbocycles. The van der Waals surface area contributed by atoms with Crippen molar-refractivity contribution >= 4 is 68.3 Å². The van der Waals surface area contributed by atoms with Crippen LogP contribution < -0.4 is 26.6 Å². The summed E-state index contributed by atoms with van der Waals surface area (Å²) in [6, 6.07) is 8.71. The Hall–Kier alpha value is -4.68. The maximum Gasteiger partial charge on any atom is 0.490 e. The van der Waals surface area contributed by atoms with E-state index in [1.807, 2.05) is 59.8 Å². The number of allylic oxidation sites excluding steroid dienone is 3. The lowest BCUT2D eigenvalue weighted by Gasteiger charge is -2.37. The highest BCUT2D eigenvalue weighted by Crippen LogP contribution is 2.66. The number of amides is 1. The number of aliphatic imine (C=N–C) groups is 1. The lowest BCUT2D eigenvalue weighted by Crippen LogP contribution is -2.36. The highest BCUT2D eigenvalue weighted by molar-refractivity contribution is 8.77. The number of H-pyrrole nitrogens is 1. The van der Waals surface area contributed by atoms with Gasteiger partial charge >= 0.3 is 35.1 Å². The number of nitrogens with zero attached hydrogens (tertiary/aromatic N) is 2. The number of nitrogens with one attached hydrogen (secondary N) is 3. The number of hydrogen-bond donors (Lipinski definition) is 8. The zero-order chi connectivity index (χ0) is 55.8. The molecule has 1 fully saturated rings. The summed E-state index contributed by atoms with van der Waals surface area (Å²) in [5.74, 6) is 4.31. The Morgan fingerprint density at radius 2 is 1.79 bits per heavy atom. The smallest absolute Gasteiger partial charge is 0.478 e. The van der Waals surface area contributed by atoms with Crippen molar-refractivity contribution in [3.63, 3.8) is 0 Å². The molecule has 7 atom stereocenters. The monoisotopic (exact) mass is 1160 g/mol. The number of aromatic amines is 1. The molecular formula is C46H58N5O20P3S2. The Bertz CT molecular complexity index is 3110. The van der Waals surface area contributed by atoms with Crippen LogP contribution in [0.15, 0.2) is 74.6 Å². The van der Waals surface area contributed by atoms with Gasteiger partial charge in [-0.1, -0.05) is 45.6 Å². The number of carboxylic acid groups (broad SMARTS) is 1. The highest BCUT2D eigenvalue weighted by Gasteiger charge is 2.44. The lowest BCUT2D eigenvalue weighted by atomic mass is 9.73. The number of aryl methyl sites for hydroxylation is 1. The summed E-state index contributed by atoms with van der Waals surface area (Å²) in [6.07, 6.45) is 1.50. The molecule has 0 spiro atoms. The molecule has 76 heavy (non-hydrogen) atoms. The average Bonchev–Trinajstić information content (AvgIpc) is 3.73. The Balaban J connectivity index is 1.04. The van der Waals surface area contributed by atoms with E-state index >= 15 is 0 Å². The molecule has 2 aromatic carbocycles. The van der Waals surface area contributed by atoms with Crippen LogP contribution in [0.1, 0.15) is 96.2 Å². The van der Waals surface area contributed by atoms with Gasteiger partial charge in [0.1, 0.15) is 48.7 Å². The van der Waals surface area contributed by atoms with Crippen molar-refractivity contribution in [1.29, 1.82) is 0 Å². The minimum absolute atomic E-state index is 0.00939. The number of ether oxygens (including phenoxy) is 5. The van der Waals surface area contributed by atoms with Crippen LogP contribution in [0, 0.1) is 24.7 Å². The molecule has 5 unspecified atom stereocenters. The normalized spacial score (nSPS) is 21.4. The molecule has 2 aliphatic heterocycles. The fourth-order valence-corrected chi connectivity index (χ4v) is 13.4. The largest absolute Gasteiger partial charge is 0.490 e. The topological polar surface area (TPSA) is 352 Å². The van der Waals surface area contributed by atoms with Crippen LogP contribution in [0.3, 0.4) is 0 Å². The number of methoxy groups -OCH3 is 1. The van der Waals surface area contributed by atoms with Crippen LogP contribution >= 0.6 is 45.1 Å². The summed E-state index contributed by atoms with van der Waals surface area (Å²) in [4.78, 5) is 95.9. The Kier molecular flexibility index (Phi) is 20.6. The van der Waals surface area contributed by atoms with E-state index in [2.05, 4.69) is 47.1 Å². The molecule has 0 bridgehead atoms. The van der Waals surface area contributed by atoms with Gasteiger partial charge in [-0.25, -0.2) is 23.3 Å². The predicted octanol–water partition coefficient (Wildman–Crippen LogP) is 5.96. The third kappa shape index (κ3) is 16.2. The van der Waals surface area contributed by atoms with Crippen LogP contribution in [0.2, 0.25) is 0 Å². The molecule has 3 aromatic rings. The van der Waals surface area contributed by atoms with Gasteiger partial charge in [-0.05, 0) is 76.4 Å². The fraction of sp³-hybridized carbons (Fsp3) is 0.457. The second-order valence-corrected chi connectivity index (χ2v) is 25.1. The summed E-state index contributed by atoms with van der Waals surface area (Å²) in [7, 11) is -12.9. The zero-order valence-electron chi connectivity index (χ0n) is 42.1. The van der Waals surface area contributed by atoms with Gasteiger partial charge in [0.25, 0.3) is 11.5 Å². The first-order valence-electron chi connectivity index (χ1n) is 23.2. The van der Waals surface area contributed by atoms with Crippen LogP contribution in [0.4, 0.5) is 5.69 Å². The van der Waals surface area contributed by atoms with E-state index in [-0.39, 0.29) is 54.9 Å². The molecule has 25 nitrogen and oxygen atoms in total. The molecule has 1 saturated heterocycles. The number of fused-ring (bicyclic) bond motifs is 2. The number of aromatic carboxylic acids is 1. The molecule has 30 heteroatoms. The first-order chi connectivity index (χ1) is 35.7. The van der Waals surface area contributed by atoms with E-state index in [1.165, 1.54) is 34.8 Å². The summed E-state index contributed by atoms with van der Waals surface area (Å²) < 4.78 is 76.0. The van der Waals surface area contributed by atoms with Gasteiger partial charge in [0, 0.05) is 84.9 Å². The third-order valence-corrected chi connectivity index (χ3v) is 18.2. The van der Waals surface area contributed by atoms with Crippen molar-refractivity contribution in [3.8, 4) is 17.6 Å². The Morgan fingerprint density at radius 3 is 2.47 bits per heavy atom. The molecule has 0 radical (unpaired) electrons. The summed E-state index contributed by atoms with van der Waals surface area (Å²) in [5, 5.41) is 16.9. The van der Waals surface area contributed by atoms with Crippen molar-refractivity contribution in [3.05, 3.63) is 114 Å². The molecule has 414 valence electrons. The quantitative estimate of drug-likeness (QED) is 0.0169. The standard InChI is InChI=1S/C46H58N5O20P3S2/c1-8-47-34-18-36-32(15-26(34)3)41(33-16-27(4)35(48-9-2)19-37(33)68-36)30-13-12-28(17-31(30)44(54)55)42(52)49-23-46(5,6)76-75-25-65-14-10-11-29-21-51(45(56)50-43(29)53)40-20-38(66-24-64-7)39(69-40)22-67-73(60,61)71-74(62,63)70-72(57,58)59/h12-13,15-19,21,32,38-41,48H,8-9,14,20,22-25H2,1-7H3,(H,49,52)(H,54,55)(H,60,61)(H,62,63)(H,50,53,56)(H2,57,58,59)/t32?,38?,39-,40-,41?/m1/s1. The van der Waals surface area contributed by atoms with Crippen molar-refractivity contribution in [2.75, 3.05) is 58.0 Å². The number of carbonyl (C=O) groups is 2. The number of phosphoric acid groups is 3. The second-order valence-electron chi connectivity index (χ2n) is 17.7. The van der Waals surface area contributed by atoms with Gasteiger partial charge in [0.2, 0.25) is 0 Å². The maximum absolute atomic E-state index is 13.6. The number of hydrogen-bond acceptors (Lipinski definition) is 19. The molecule has 1 aliphatic carbocycles. The average molecular weight is 1160 g/mol. The maximum atomic E-state index is 13.6. The first kappa shape index (κ1) is 60.5. The van der Waals surface area contributed by atoms with E-state index in [4.69, 9.17) is 38.0 Å². The number of anilines is 1. The van der Waals surface area contributed by atoms with Gasteiger partial charge in [-0.2, -0.15) is 8.62 Å². The molecule has 1 amide bonds. The Labute approximate surface area is 444 Å². The molecule has 3 heterocycles. The van der Waals surface area contributed by atoms with Gasteiger partial charge in [-0.15, -0.1) is 0 Å². The third-order valence-electron chi connectivity index (χ3n) is 11.5. The second kappa shape index (κ2) is 25.9. The van der Waals surface area contributed by atoms with Crippen molar-refractivity contribution in [1.82, 2.24) is 14.9 Å². The fourth-order valence-electron chi connectivity index (χ4n) is 8.22. The minimum atomic E-state index is -5.80. The van der Waals surface area contributed by atoms with Gasteiger partial charge in [0.15, 0.2) is 0 Å². The van der Waals surface area contributed by atoms with Gasteiger partial charge in [-0.3, -0.25) is 28.7 Å². The van der Waals surface area contributed by atoms with Gasteiger partial charge in [0.05, 0.1) is 24.0 Å². The molecular weight excluding hydrogens is 1100 g/mol. The van der Waals surface area contributed by atoms with Crippen LogP contribution in [-0.2, 0) is 45.8 Å². The van der Waals surface area contributed by atoms with Crippen LogP contribution in [-0.4, -0.2) is 121 Å². The van der Waals surface area contributed by atoms with E-state index in [9.17, 15) is 47.8 Å². The Morgan fingerprint density at radius 1 is 1.04 bits per heavy atom. The van der Waals surface area contributed by atoms with Crippen molar-refractivity contribution in [2.24, 2.45) is 10.9 Å². The summed E-state index contributed by atoms with van der Waals surface area (Å²) in [6.45, 7) is 11.9.